The van der Waals surface area contributed by atoms with E-state index in [1.54, 1.807) is 12.3 Å². The predicted molar refractivity (Wildman–Crippen MR) is 69.1 cm³/mol. The average Bonchev–Trinajstić information content (AvgIpc) is 2.85. The van der Waals surface area contributed by atoms with Crippen molar-refractivity contribution in [1.82, 2.24) is 4.98 Å². The second-order valence-corrected chi connectivity index (χ2v) is 4.72. The highest BCUT2D eigenvalue weighted by Crippen LogP contribution is 2.22. The Morgan fingerprint density at radius 3 is 2.94 bits per heavy atom. The van der Waals surface area contributed by atoms with Crippen molar-refractivity contribution in [1.29, 1.82) is 0 Å². The standard InChI is InChI=1S/C12H12FN3OS/c1-7(12-15-4-5-18-12)16-8-2-3-10(13)9(6-8)11(14)17/h2-7,16H,1H3,(H2,14,17). The summed E-state index contributed by atoms with van der Waals surface area (Å²) >= 11 is 1.52. The van der Waals surface area contributed by atoms with Crippen molar-refractivity contribution in [3.05, 3.63) is 46.2 Å². The normalized spacial score (nSPS) is 12.1. The lowest BCUT2D eigenvalue weighted by Crippen LogP contribution is -2.14. The van der Waals surface area contributed by atoms with Crippen LogP contribution in [-0.2, 0) is 0 Å². The van der Waals surface area contributed by atoms with Crippen molar-refractivity contribution in [3.8, 4) is 0 Å². The number of anilines is 1. The number of thiazole rings is 1. The van der Waals surface area contributed by atoms with E-state index >= 15 is 0 Å². The Bertz CT molecular complexity index is 556. The molecule has 0 spiro atoms. The second kappa shape index (κ2) is 5.14. The van der Waals surface area contributed by atoms with Crippen LogP contribution in [0, 0.1) is 5.82 Å². The van der Waals surface area contributed by atoms with Crippen LogP contribution in [-0.4, -0.2) is 10.9 Å². The van der Waals surface area contributed by atoms with E-state index in [2.05, 4.69) is 10.3 Å². The summed E-state index contributed by atoms with van der Waals surface area (Å²) in [4.78, 5) is 15.2. The summed E-state index contributed by atoms with van der Waals surface area (Å²) in [6.45, 7) is 1.94. The summed E-state index contributed by atoms with van der Waals surface area (Å²) < 4.78 is 13.3. The van der Waals surface area contributed by atoms with Crippen LogP contribution >= 0.6 is 11.3 Å². The van der Waals surface area contributed by atoms with Gasteiger partial charge in [0.15, 0.2) is 0 Å². The molecule has 6 heteroatoms. The molecule has 0 aliphatic rings. The lowest BCUT2D eigenvalue weighted by atomic mass is 10.1. The first-order valence-electron chi connectivity index (χ1n) is 5.33. The first-order valence-corrected chi connectivity index (χ1v) is 6.21. The molecule has 2 rings (SSSR count). The summed E-state index contributed by atoms with van der Waals surface area (Å²) in [5.74, 6) is -1.40. The van der Waals surface area contributed by atoms with Crippen LogP contribution in [0.3, 0.4) is 0 Å². The lowest BCUT2D eigenvalue weighted by molar-refractivity contribution is 0.0996. The van der Waals surface area contributed by atoms with Crippen LogP contribution in [0.1, 0.15) is 28.3 Å². The highest BCUT2D eigenvalue weighted by Gasteiger charge is 2.12. The fraction of sp³-hybridized carbons (Fsp3) is 0.167. The molecule has 1 unspecified atom stereocenters. The molecule has 1 aromatic heterocycles. The van der Waals surface area contributed by atoms with E-state index in [1.807, 2.05) is 12.3 Å². The minimum Gasteiger partial charge on any atom is -0.376 e. The number of amides is 1. The number of rotatable bonds is 4. The molecular weight excluding hydrogens is 253 g/mol. The van der Waals surface area contributed by atoms with Gasteiger partial charge in [-0.3, -0.25) is 4.79 Å². The number of aromatic nitrogens is 1. The Morgan fingerprint density at radius 2 is 2.33 bits per heavy atom. The quantitative estimate of drug-likeness (QED) is 0.892. The Morgan fingerprint density at radius 1 is 1.56 bits per heavy atom. The molecule has 4 nitrogen and oxygen atoms in total. The number of nitrogens with one attached hydrogen (secondary N) is 1. The van der Waals surface area contributed by atoms with Crippen molar-refractivity contribution >= 4 is 22.9 Å². The third kappa shape index (κ3) is 2.65. The van der Waals surface area contributed by atoms with Crippen LogP contribution in [0.25, 0.3) is 0 Å². The molecule has 1 aromatic carbocycles. The van der Waals surface area contributed by atoms with E-state index in [1.165, 1.54) is 23.5 Å². The molecule has 3 N–H and O–H groups in total. The van der Waals surface area contributed by atoms with Crippen molar-refractivity contribution in [3.63, 3.8) is 0 Å². The van der Waals surface area contributed by atoms with E-state index in [9.17, 15) is 9.18 Å². The number of carbonyl (C=O) groups is 1. The Hall–Kier alpha value is -1.95. The predicted octanol–water partition coefficient (Wildman–Crippen LogP) is 2.55. The molecule has 2 aromatic rings. The molecule has 0 aliphatic heterocycles. The van der Waals surface area contributed by atoms with Gasteiger partial charge in [0.2, 0.25) is 0 Å². The molecule has 0 saturated heterocycles. The maximum atomic E-state index is 13.3. The second-order valence-electron chi connectivity index (χ2n) is 3.80. The molecule has 0 radical (unpaired) electrons. The number of benzene rings is 1. The Balaban J connectivity index is 2.20. The summed E-state index contributed by atoms with van der Waals surface area (Å²) in [7, 11) is 0. The van der Waals surface area contributed by atoms with Gasteiger partial charge in [0.05, 0.1) is 11.6 Å². The smallest absolute Gasteiger partial charge is 0.251 e. The van der Waals surface area contributed by atoms with Crippen LogP contribution in [0.4, 0.5) is 10.1 Å². The first-order chi connectivity index (χ1) is 8.58. The SMILES string of the molecule is CC(Nc1ccc(F)c(C(N)=O)c1)c1nccs1. The van der Waals surface area contributed by atoms with Gasteiger partial charge in [0, 0.05) is 17.3 Å². The molecule has 18 heavy (non-hydrogen) atoms. The summed E-state index contributed by atoms with van der Waals surface area (Å²) in [6, 6.07) is 4.17. The number of hydrogen-bond donors (Lipinski definition) is 2. The number of nitrogens with two attached hydrogens (primary N) is 1. The fourth-order valence-electron chi connectivity index (χ4n) is 1.56. The van der Waals surface area contributed by atoms with Gasteiger partial charge in [-0.25, -0.2) is 9.37 Å². The fourth-order valence-corrected chi connectivity index (χ4v) is 2.21. The summed E-state index contributed by atoms with van der Waals surface area (Å²) in [5.41, 5.74) is 5.61. The summed E-state index contributed by atoms with van der Waals surface area (Å²) in [6.07, 6.45) is 1.72. The number of nitrogens with zero attached hydrogens (tertiary/aromatic N) is 1. The number of hydrogen-bond acceptors (Lipinski definition) is 4. The molecule has 1 heterocycles. The molecular formula is C12H12FN3OS. The van der Waals surface area contributed by atoms with Gasteiger partial charge >= 0.3 is 0 Å². The van der Waals surface area contributed by atoms with Crippen molar-refractivity contribution in [2.75, 3.05) is 5.32 Å². The molecule has 0 bridgehead atoms. The van der Waals surface area contributed by atoms with Crippen molar-refractivity contribution in [2.24, 2.45) is 5.73 Å². The lowest BCUT2D eigenvalue weighted by Gasteiger charge is -2.13. The average molecular weight is 265 g/mol. The monoisotopic (exact) mass is 265 g/mol. The number of carbonyl (C=O) groups excluding carboxylic acids is 1. The maximum Gasteiger partial charge on any atom is 0.251 e. The zero-order chi connectivity index (χ0) is 13.1. The van der Waals surface area contributed by atoms with Crippen LogP contribution in [0.15, 0.2) is 29.8 Å². The zero-order valence-corrected chi connectivity index (χ0v) is 10.5. The van der Waals surface area contributed by atoms with Gasteiger partial charge in [0.25, 0.3) is 5.91 Å². The molecule has 0 saturated carbocycles. The first kappa shape index (κ1) is 12.5. The highest BCUT2D eigenvalue weighted by atomic mass is 32.1. The highest BCUT2D eigenvalue weighted by molar-refractivity contribution is 7.09. The van der Waals surface area contributed by atoms with E-state index in [4.69, 9.17) is 5.73 Å². The summed E-state index contributed by atoms with van der Waals surface area (Å²) in [5, 5.41) is 5.94. The molecule has 1 atom stereocenters. The van der Waals surface area contributed by atoms with Gasteiger partial charge in [0.1, 0.15) is 10.8 Å². The third-order valence-corrected chi connectivity index (χ3v) is 3.40. The topological polar surface area (TPSA) is 68.0 Å². The van der Waals surface area contributed by atoms with Crippen molar-refractivity contribution < 1.29 is 9.18 Å². The van der Waals surface area contributed by atoms with Crippen molar-refractivity contribution in [2.45, 2.75) is 13.0 Å². The minimum absolute atomic E-state index is 0.0174. The van der Waals surface area contributed by atoms with E-state index in [-0.39, 0.29) is 11.6 Å². The van der Waals surface area contributed by atoms with Crippen LogP contribution in [0.5, 0.6) is 0 Å². The van der Waals surface area contributed by atoms with Gasteiger partial charge in [-0.15, -0.1) is 11.3 Å². The number of primary amides is 1. The third-order valence-electron chi connectivity index (χ3n) is 2.44. The Labute approximate surface area is 108 Å². The van der Waals surface area contributed by atoms with Gasteiger partial charge in [-0.05, 0) is 25.1 Å². The molecule has 94 valence electrons. The van der Waals surface area contributed by atoms with E-state index < -0.39 is 11.7 Å². The van der Waals surface area contributed by atoms with Crippen LogP contribution in [0.2, 0.25) is 0 Å². The molecule has 0 aliphatic carbocycles. The van der Waals surface area contributed by atoms with E-state index in [0.717, 1.165) is 5.01 Å². The zero-order valence-electron chi connectivity index (χ0n) is 9.68. The maximum absolute atomic E-state index is 13.3. The van der Waals surface area contributed by atoms with Crippen LogP contribution < -0.4 is 11.1 Å². The molecule has 1 amide bonds. The van der Waals surface area contributed by atoms with Gasteiger partial charge in [-0.1, -0.05) is 0 Å². The largest absolute Gasteiger partial charge is 0.376 e. The van der Waals surface area contributed by atoms with E-state index in [0.29, 0.717) is 5.69 Å². The molecule has 0 fully saturated rings. The van der Waals surface area contributed by atoms with Gasteiger partial charge in [-0.2, -0.15) is 0 Å². The Kier molecular flexibility index (Phi) is 3.57. The minimum atomic E-state index is -0.780. The van der Waals surface area contributed by atoms with Gasteiger partial charge < -0.3 is 11.1 Å². The number of halogens is 1.